The average Bonchev–Trinajstić information content (AvgIpc) is 3.37. The Morgan fingerprint density at radius 1 is 0.765 bits per heavy atom. The lowest BCUT2D eigenvalue weighted by molar-refractivity contribution is -0.0336. The molecule has 0 radical (unpaired) electrons. The van der Waals surface area contributed by atoms with Crippen LogP contribution in [0.15, 0.2) is 132 Å². The van der Waals surface area contributed by atoms with E-state index < -0.39 is 18.2 Å². The van der Waals surface area contributed by atoms with Crippen LogP contribution in [0.25, 0.3) is 10.9 Å². The number of aromatic hydroxyl groups is 1. The highest BCUT2D eigenvalue weighted by atomic mass is 16.6. The highest BCUT2D eigenvalue weighted by Crippen LogP contribution is 2.32. The minimum Gasteiger partial charge on any atom is -0.506 e. The van der Waals surface area contributed by atoms with Gasteiger partial charge in [0.25, 0.3) is 0 Å². The number of ether oxygens (including phenoxy) is 3. The van der Waals surface area contributed by atoms with Crippen LogP contribution in [0.5, 0.6) is 11.5 Å². The standard InChI is InChI=1S/C54H60N6O8/c61-47-19-17-45(46-18-20-50(63)56-52(46)47)48(62)33-55-32-37-9-11-38(12-10-37)34-60-27-25-58(26-28-60)29-30-66-53(64)42-15-13-39(14-16-42)36-67-44-8-4-7-43(31-44)51(41-5-2-1-3-6-41)57-54(65)68-49-35-59-23-21-40(49)22-24-59/h1-20,31,40,48-49,51,55,61-62H,21-30,32-36H2,(H,56,63)(H,57,65). The summed E-state index contributed by atoms with van der Waals surface area (Å²) in [5.74, 6) is 0.702. The number of phenolic OH excluding ortho intramolecular Hbond substituents is 1. The number of aliphatic hydroxyl groups excluding tert-OH is 1. The summed E-state index contributed by atoms with van der Waals surface area (Å²) in [6, 6.07) is 39.2. The fraction of sp³-hybridized carbons (Fsp3) is 0.352. The minimum absolute atomic E-state index is 0.0333. The number of piperidine rings is 3. The smallest absolute Gasteiger partial charge is 0.408 e. The molecule has 0 aliphatic carbocycles. The second-order valence-corrected chi connectivity index (χ2v) is 18.1. The second kappa shape index (κ2) is 22.0. The molecule has 0 spiro atoms. The molecule has 5 heterocycles. The van der Waals surface area contributed by atoms with Crippen LogP contribution in [0, 0.1) is 5.92 Å². The molecular formula is C54H60N6O8. The third-order valence-electron chi connectivity index (χ3n) is 13.5. The van der Waals surface area contributed by atoms with E-state index in [4.69, 9.17) is 14.2 Å². The monoisotopic (exact) mass is 920 g/mol. The number of aromatic amines is 1. The maximum Gasteiger partial charge on any atom is 0.408 e. The molecule has 4 saturated heterocycles. The van der Waals surface area contributed by atoms with Crippen molar-refractivity contribution in [3.63, 3.8) is 0 Å². The van der Waals surface area contributed by atoms with Crippen molar-refractivity contribution in [1.29, 1.82) is 0 Å². The van der Waals surface area contributed by atoms with Crippen LogP contribution in [0.4, 0.5) is 4.79 Å². The van der Waals surface area contributed by atoms with E-state index in [0.717, 1.165) is 87.5 Å². The van der Waals surface area contributed by atoms with E-state index >= 15 is 0 Å². The van der Waals surface area contributed by atoms with E-state index in [1.165, 1.54) is 17.7 Å². The highest BCUT2D eigenvalue weighted by molar-refractivity contribution is 5.89. The van der Waals surface area contributed by atoms with Crippen LogP contribution < -0.4 is 20.9 Å². The number of carbonyl (C=O) groups excluding carboxylic acids is 2. The molecule has 3 unspecified atom stereocenters. The molecule has 68 heavy (non-hydrogen) atoms. The molecular weight excluding hydrogens is 861 g/mol. The largest absolute Gasteiger partial charge is 0.506 e. The number of pyridine rings is 1. The summed E-state index contributed by atoms with van der Waals surface area (Å²) >= 11 is 0. The molecule has 354 valence electrons. The quantitative estimate of drug-likeness (QED) is 0.0594. The van der Waals surface area contributed by atoms with Crippen molar-refractivity contribution in [2.75, 3.05) is 65.5 Å². The van der Waals surface area contributed by atoms with Crippen molar-refractivity contribution >= 4 is 23.0 Å². The predicted molar refractivity (Wildman–Crippen MR) is 259 cm³/mol. The van der Waals surface area contributed by atoms with Crippen LogP contribution >= 0.6 is 0 Å². The molecule has 4 fully saturated rings. The first-order chi connectivity index (χ1) is 33.2. The molecule has 10 rings (SSSR count). The molecule has 5 N–H and O–H groups in total. The number of rotatable bonds is 18. The van der Waals surface area contributed by atoms with E-state index in [1.54, 1.807) is 24.3 Å². The average molecular weight is 921 g/mol. The van der Waals surface area contributed by atoms with Gasteiger partial charge in [-0.05, 0) is 102 Å². The summed E-state index contributed by atoms with van der Waals surface area (Å²) in [6.07, 6.45) is 0.824. The van der Waals surface area contributed by atoms with Crippen molar-refractivity contribution in [3.05, 3.63) is 177 Å². The number of nitrogens with one attached hydrogen (secondary N) is 3. The number of amides is 1. The fourth-order valence-corrected chi connectivity index (χ4v) is 9.58. The number of carbonyl (C=O) groups is 2. The Morgan fingerprint density at radius 2 is 1.49 bits per heavy atom. The Hall–Kier alpha value is -6.55. The van der Waals surface area contributed by atoms with Crippen LogP contribution in [0.2, 0.25) is 0 Å². The number of hydrogen-bond acceptors (Lipinski definition) is 12. The van der Waals surface area contributed by atoms with Crippen molar-refractivity contribution < 1.29 is 34.0 Å². The highest BCUT2D eigenvalue weighted by Gasteiger charge is 2.37. The van der Waals surface area contributed by atoms with Gasteiger partial charge in [0, 0.05) is 70.4 Å². The molecule has 3 atom stereocenters. The molecule has 4 aliphatic heterocycles. The van der Waals surface area contributed by atoms with Crippen LogP contribution in [-0.4, -0.2) is 114 Å². The maximum absolute atomic E-state index is 13.3. The number of piperazine rings is 1. The van der Waals surface area contributed by atoms with Gasteiger partial charge in [-0.15, -0.1) is 0 Å². The van der Waals surface area contributed by atoms with Gasteiger partial charge >= 0.3 is 12.1 Å². The Bertz CT molecular complexity index is 2680. The molecule has 4 aliphatic rings. The van der Waals surface area contributed by atoms with Crippen molar-refractivity contribution in [2.45, 2.75) is 50.8 Å². The van der Waals surface area contributed by atoms with Gasteiger partial charge in [-0.3, -0.25) is 19.5 Å². The Balaban J connectivity index is 0.673. The minimum atomic E-state index is -0.819. The number of hydrogen-bond donors (Lipinski definition) is 5. The Kier molecular flexibility index (Phi) is 15.1. The summed E-state index contributed by atoms with van der Waals surface area (Å²) in [6.45, 7) is 9.61. The summed E-state index contributed by atoms with van der Waals surface area (Å²) < 4.78 is 17.9. The van der Waals surface area contributed by atoms with E-state index in [9.17, 15) is 24.6 Å². The van der Waals surface area contributed by atoms with E-state index in [1.807, 2.05) is 66.7 Å². The third-order valence-corrected chi connectivity index (χ3v) is 13.5. The zero-order chi connectivity index (χ0) is 46.8. The summed E-state index contributed by atoms with van der Waals surface area (Å²) in [4.78, 5) is 47.7. The van der Waals surface area contributed by atoms with Crippen molar-refractivity contribution in [1.82, 2.24) is 30.3 Å². The maximum atomic E-state index is 13.3. The Morgan fingerprint density at radius 3 is 2.24 bits per heavy atom. The summed E-state index contributed by atoms with van der Waals surface area (Å²) in [5.41, 5.74) is 6.19. The van der Waals surface area contributed by atoms with Gasteiger partial charge < -0.3 is 40.0 Å². The van der Waals surface area contributed by atoms with Gasteiger partial charge in [0.2, 0.25) is 5.56 Å². The number of benzene rings is 5. The van der Waals surface area contributed by atoms with Gasteiger partial charge in [-0.2, -0.15) is 0 Å². The molecule has 5 aromatic carbocycles. The molecule has 1 aromatic heterocycles. The van der Waals surface area contributed by atoms with Crippen LogP contribution in [0.3, 0.4) is 0 Å². The van der Waals surface area contributed by atoms with Crippen LogP contribution in [-0.2, 0) is 29.2 Å². The lowest BCUT2D eigenvalue weighted by Crippen LogP contribution is -2.52. The van der Waals surface area contributed by atoms with Gasteiger partial charge in [0.1, 0.15) is 30.8 Å². The number of fused-ring (bicyclic) bond motifs is 4. The number of aromatic nitrogens is 1. The first-order valence-corrected chi connectivity index (χ1v) is 23.7. The topological polar surface area (TPSA) is 169 Å². The van der Waals surface area contributed by atoms with E-state index in [0.29, 0.717) is 66.5 Å². The number of alkyl carbamates (subject to hydrolysis) is 1. The number of H-pyrrole nitrogens is 1. The molecule has 6 aromatic rings. The van der Waals surface area contributed by atoms with Gasteiger partial charge in [-0.1, -0.05) is 84.9 Å². The van der Waals surface area contributed by atoms with Crippen molar-refractivity contribution in [2.24, 2.45) is 5.92 Å². The summed E-state index contributed by atoms with van der Waals surface area (Å²) in [7, 11) is 0. The number of phenols is 1. The number of esters is 1. The molecule has 14 heteroatoms. The van der Waals surface area contributed by atoms with Crippen LogP contribution in [0.1, 0.15) is 68.7 Å². The fourth-order valence-electron chi connectivity index (χ4n) is 9.58. The number of nitrogens with zero attached hydrogens (tertiary/aromatic N) is 3. The van der Waals surface area contributed by atoms with E-state index in [2.05, 4.69) is 54.6 Å². The zero-order valence-corrected chi connectivity index (χ0v) is 38.2. The second-order valence-electron chi connectivity index (χ2n) is 18.1. The van der Waals surface area contributed by atoms with E-state index in [-0.39, 0.29) is 23.4 Å². The molecule has 2 bridgehead atoms. The molecule has 0 saturated carbocycles. The third kappa shape index (κ3) is 11.9. The SMILES string of the molecule is O=C(NC(c1ccccc1)c1cccc(OCc2ccc(C(=O)OCCN3CCN(Cc4ccc(CNCC(O)c5ccc(O)c6[nH]c(=O)ccc56)cc4)CC3)cc2)c1)OC1CN2CCC1CC2. The lowest BCUT2D eigenvalue weighted by atomic mass is 9.86. The Labute approximate surface area is 396 Å². The first-order valence-electron chi connectivity index (χ1n) is 23.7. The van der Waals surface area contributed by atoms with Gasteiger partial charge in [0.05, 0.1) is 23.2 Å². The normalized spacial score (nSPS) is 19.3. The molecule has 1 amide bonds. The zero-order valence-electron chi connectivity index (χ0n) is 38.2. The summed E-state index contributed by atoms with van der Waals surface area (Å²) in [5, 5.41) is 28.1. The molecule has 14 nitrogen and oxygen atoms in total. The van der Waals surface area contributed by atoms with Crippen molar-refractivity contribution in [3.8, 4) is 11.5 Å². The lowest BCUT2D eigenvalue weighted by Gasteiger charge is -2.43. The number of aliphatic hydroxyl groups is 1. The first kappa shape index (κ1) is 46.6. The van der Waals surface area contributed by atoms with Gasteiger partial charge in [-0.25, -0.2) is 9.59 Å². The van der Waals surface area contributed by atoms with Gasteiger partial charge in [0.15, 0.2) is 0 Å². The predicted octanol–water partition coefficient (Wildman–Crippen LogP) is 6.52.